The smallest absolute Gasteiger partial charge is 0.255 e. The minimum atomic E-state index is -0.167. The van der Waals surface area contributed by atoms with Gasteiger partial charge in [0, 0.05) is 16.8 Å². The number of carbonyl (C=O) groups excluding carboxylic acids is 1. The molecule has 0 heterocycles. The number of rotatable bonds is 3. The van der Waals surface area contributed by atoms with Crippen LogP contribution < -0.4 is 5.32 Å². The van der Waals surface area contributed by atoms with Crippen LogP contribution in [0.5, 0.6) is 0 Å². The van der Waals surface area contributed by atoms with Crippen molar-refractivity contribution in [2.75, 3.05) is 5.32 Å². The van der Waals surface area contributed by atoms with Crippen LogP contribution in [0.3, 0.4) is 0 Å². The van der Waals surface area contributed by atoms with E-state index in [9.17, 15) is 9.90 Å². The third-order valence-corrected chi connectivity index (χ3v) is 2.72. The summed E-state index contributed by atoms with van der Waals surface area (Å²) < 4.78 is 0. The number of aryl methyl sites for hydroxylation is 1. The van der Waals surface area contributed by atoms with Gasteiger partial charge in [-0.3, -0.25) is 4.79 Å². The van der Waals surface area contributed by atoms with Crippen LogP contribution in [-0.4, -0.2) is 11.0 Å². The zero-order valence-corrected chi connectivity index (χ0v) is 10.2. The van der Waals surface area contributed by atoms with Gasteiger partial charge in [-0.25, -0.2) is 0 Å². The first-order valence-electron chi connectivity index (χ1n) is 5.77. The van der Waals surface area contributed by atoms with Gasteiger partial charge in [0.1, 0.15) is 0 Å². The first-order chi connectivity index (χ1) is 8.70. The fraction of sp³-hybridized carbons (Fsp3) is 0.133. The molecule has 0 saturated carbocycles. The van der Waals surface area contributed by atoms with Crippen molar-refractivity contribution < 1.29 is 9.90 Å². The number of amides is 1. The molecule has 0 aromatic heterocycles. The normalized spacial score (nSPS) is 10.1. The molecule has 18 heavy (non-hydrogen) atoms. The number of carbonyl (C=O) groups is 1. The Labute approximate surface area is 106 Å². The molecule has 3 nitrogen and oxygen atoms in total. The van der Waals surface area contributed by atoms with Crippen LogP contribution in [-0.2, 0) is 6.61 Å². The van der Waals surface area contributed by atoms with Crippen molar-refractivity contribution in [3.63, 3.8) is 0 Å². The number of aliphatic hydroxyl groups excluding tert-OH is 1. The van der Waals surface area contributed by atoms with E-state index in [-0.39, 0.29) is 12.5 Å². The van der Waals surface area contributed by atoms with Gasteiger partial charge < -0.3 is 10.4 Å². The lowest BCUT2D eigenvalue weighted by Gasteiger charge is -2.09. The van der Waals surface area contributed by atoms with E-state index in [0.29, 0.717) is 16.8 Å². The number of para-hydroxylation sites is 1. The van der Waals surface area contributed by atoms with E-state index in [2.05, 4.69) is 5.32 Å². The molecule has 2 rings (SSSR count). The second-order valence-electron chi connectivity index (χ2n) is 4.14. The van der Waals surface area contributed by atoms with Crippen LogP contribution in [0, 0.1) is 6.92 Å². The Hall–Kier alpha value is -2.13. The molecule has 2 aromatic carbocycles. The second-order valence-corrected chi connectivity index (χ2v) is 4.14. The highest BCUT2D eigenvalue weighted by Crippen LogP contribution is 2.16. The number of benzene rings is 2. The molecular weight excluding hydrogens is 226 g/mol. The summed E-state index contributed by atoms with van der Waals surface area (Å²) in [5, 5.41) is 12.0. The van der Waals surface area contributed by atoms with Gasteiger partial charge in [0.15, 0.2) is 0 Å². The molecule has 2 N–H and O–H groups in total. The lowest BCUT2D eigenvalue weighted by Crippen LogP contribution is -2.13. The molecule has 2 aromatic rings. The Bertz CT molecular complexity index is 564. The molecule has 0 fully saturated rings. The molecule has 0 unspecified atom stereocenters. The molecule has 3 heteroatoms. The maximum Gasteiger partial charge on any atom is 0.255 e. The van der Waals surface area contributed by atoms with Crippen molar-refractivity contribution in [1.82, 2.24) is 0 Å². The molecule has 0 aliphatic rings. The predicted molar refractivity (Wildman–Crippen MR) is 71.5 cm³/mol. The minimum absolute atomic E-state index is 0.0930. The standard InChI is InChI=1S/C15H15NO2/c1-11-5-4-7-12(9-11)15(18)16-14-8-3-2-6-13(14)10-17/h2-9,17H,10H2,1H3,(H,16,18). The van der Waals surface area contributed by atoms with Crippen LogP contribution >= 0.6 is 0 Å². The second kappa shape index (κ2) is 5.47. The average molecular weight is 241 g/mol. The number of anilines is 1. The summed E-state index contributed by atoms with van der Waals surface area (Å²) in [7, 11) is 0. The summed E-state index contributed by atoms with van der Waals surface area (Å²) in [6, 6.07) is 14.6. The minimum Gasteiger partial charge on any atom is -0.392 e. The van der Waals surface area contributed by atoms with E-state index in [1.807, 2.05) is 37.3 Å². The largest absolute Gasteiger partial charge is 0.392 e. The summed E-state index contributed by atoms with van der Waals surface area (Å²) in [6.07, 6.45) is 0. The van der Waals surface area contributed by atoms with Crippen LogP contribution in [0.1, 0.15) is 21.5 Å². The monoisotopic (exact) mass is 241 g/mol. The van der Waals surface area contributed by atoms with Crippen molar-refractivity contribution >= 4 is 11.6 Å². The van der Waals surface area contributed by atoms with Crippen LogP contribution in [0.2, 0.25) is 0 Å². The van der Waals surface area contributed by atoms with E-state index in [4.69, 9.17) is 0 Å². The Balaban J connectivity index is 2.21. The van der Waals surface area contributed by atoms with E-state index < -0.39 is 0 Å². The lowest BCUT2D eigenvalue weighted by molar-refractivity contribution is 0.102. The summed E-state index contributed by atoms with van der Waals surface area (Å²) >= 11 is 0. The molecule has 0 aliphatic carbocycles. The maximum absolute atomic E-state index is 12.0. The van der Waals surface area contributed by atoms with Crippen molar-refractivity contribution in [1.29, 1.82) is 0 Å². The predicted octanol–water partition coefficient (Wildman–Crippen LogP) is 2.74. The van der Waals surface area contributed by atoms with Crippen LogP contribution in [0.15, 0.2) is 48.5 Å². The molecule has 0 radical (unpaired) electrons. The molecule has 0 aliphatic heterocycles. The van der Waals surface area contributed by atoms with Crippen molar-refractivity contribution in [2.45, 2.75) is 13.5 Å². The zero-order valence-electron chi connectivity index (χ0n) is 10.2. The van der Waals surface area contributed by atoms with E-state index >= 15 is 0 Å². The molecule has 0 spiro atoms. The Morgan fingerprint density at radius 1 is 1.17 bits per heavy atom. The molecule has 92 valence electrons. The van der Waals surface area contributed by atoms with Gasteiger partial charge in [0.25, 0.3) is 5.91 Å². The average Bonchev–Trinajstić information content (AvgIpc) is 2.39. The molecular formula is C15H15NO2. The summed E-state index contributed by atoms with van der Waals surface area (Å²) in [5.41, 5.74) is 3.01. The summed E-state index contributed by atoms with van der Waals surface area (Å²) in [4.78, 5) is 12.0. The highest BCUT2D eigenvalue weighted by Gasteiger charge is 2.08. The SMILES string of the molecule is Cc1cccc(C(=O)Nc2ccccc2CO)c1. The maximum atomic E-state index is 12.0. The third kappa shape index (κ3) is 2.76. The van der Waals surface area contributed by atoms with Crippen LogP contribution in [0.25, 0.3) is 0 Å². The number of aliphatic hydroxyl groups is 1. The molecule has 0 bridgehead atoms. The molecule has 1 amide bonds. The highest BCUT2D eigenvalue weighted by molar-refractivity contribution is 6.04. The fourth-order valence-corrected chi connectivity index (χ4v) is 1.76. The van der Waals surface area contributed by atoms with Crippen molar-refractivity contribution in [3.8, 4) is 0 Å². The first-order valence-corrected chi connectivity index (χ1v) is 5.77. The van der Waals surface area contributed by atoms with Gasteiger partial charge in [0.2, 0.25) is 0 Å². The quantitative estimate of drug-likeness (QED) is 0.868. The molecule has 0 atom stereocenters. The van der Waals surface area contributed by atoms with Gasteiger partial charge in [0.05, 0.1) is 6.61 Å². The first kappa shape index (κ1) is 12.3. The van der Waals surface area contributed by atoms with Gasteiger partial charge >= 0.3 is 0 Å². The van der Waals surface area contributed by atoms with Crippen molar-refractivity contribution in [2.24, 2.45) is 0 Å². The van der Waals surface area contributed by atoms with Gasteiger partial charge in [-0.2, -0.15) is 0 Å². The van der Waals surface area contributed by atoms with Gasteiger partial charge in [-0.05, 0) is 25.1 Å². The van der Waals surface area contributed by atoms with Gasteiger partial charge in [-0.15, -0.1) is 0 Å². The van der Waals surface area contributed by atoms with Crippen molar-refractivity contribution in [3.05, 3.63) is 65.2 Å². The Kier molecular flexibility index (Phi) is 3.75. The number of hydrogen-bond donors (Lipinski definition) is 2. The fourth-order valence-electron chi connectivity index (χ4n) is 1.76. The Morgan fingerprint density at radius 3 is 2.67 bits per heavy atom. The van der Waals surface area contributed by atoms with E-state index in [1.54, 1.807) is 18.2 Å². The summed E-state index contributed by atoms with van der Waals surface area (Å²) in [5.74, 6) is -0.167. The third-order valence-electron chi connectivity index (χ3n) is 2.72. The zero-order chi connectivity index (χ0) is 13.0. The highest BCUT2D eigenvalue weighted by atomic mass is 16.3. The van der Waals surface area contributed by atoms with E-state index in [1.165, 1.54) is 0 Å². The summed E-state index contributed by atoms with van der Waals surface area (Å²) in [6.45, 7) is 1.85. The van der Waals surface area contributed by atoms with Crippen LogP contribution in [0.4, 0.5) is 5.69 Å². The molecule has 0 saturated heterocycles. The lowest BCUT2D eigenvalue weighted by atomic mass is 10.1. The number of hydrogen-bond acceptors (Lipinski definition) is 2. The number of nitrogens with one attached hydrogen (secondary N) is 1. The van der Waals surface area contributed by atoms with Gasteiger partial charge in [-0.1, -0.05) is 35.9 Å². The topological polar surface area (TPSA) is 49.3 Å². The Morgan fingerprint density at radius 2 is 1.94 bits per heavy atom. The van der Waals surface area contributed by atoms with E-state index in [0.717, 1.165) is 5.56 Å².